The van der Waals surface area contributed by atoms with Crippen LogP contribution in [0.3, 0.4) is 0 Å². The minimum atomic E-state index is -0.433. The Labute approximate surface area is 138 Å². The van der Waals surface area contributed by atoms with Crippen molar-refractivity contribution < 1.29 is 4.79 Å². The maximum Gasteiger partial charge on any atom is 0.238 e. The Morgan fingerprint density at radius 2 is 2.22 bits per heavy atom. The van der Waals surface area contributed by atoms with Gasteiger partial charge in [0.25, 0.3) is 0 Å². The molecule has 3 N–H and O–H groups in total. The molecule has 0 aliphatic carbocycles. The maximum absolute atomic E-state index is 12.3. The molecule has 2 rings (SSSR count). The number of nitriles is 1. The molecule has 0 aliphatic rings. The fourth-order valence-corrected chi connectivity index (χ4v) is 2.53. The van der Waals surface area contributed by atoms with E-state index in [0.29, 0.717) is 11.0 Å². The van der Waals surface area contributed by atoms with Gasteiger partial charge >= 0.3 is 0 Å². The van der Waals surface area contributed by atoms with Crippen LogP contribution in [0, 0.1) is 11.3 Å². The van der Waals surface area contributed by atoms with Gasteiger partial charge in [-0.1, -0.05) is 11.8 Å². The van der Waals surface area contributed by atoms with E-state index in [2.05, 4.69) is 20.4 Å². The third-order valence-corrected chi connectivity index (χ3v) is 3.95. The molecule has 0 radical (unpaired) electrons. The summed E-state index contributed by atoms with van der Waals surface area (Å²) in [4.78, 5) is 20.3. The van der Waals surface area contributed by atoms with Gasteiger partial charge in [0, 0.05) is 12.1 Å². The van der Waals surface area contributed by atoms with Crippen molar-refractivity contribution in [3.8, 4) is 6.07 Å². The highest BCUT2D eigenvalue weighted by Gasteiger charge is 2.18. The van der Waals surface area contributed by atoms with Crippen molar-refractivity contribution in [3.05, 3.63) is 24.0 Å². The van der Waals surface area contributed by atoms with E-state index in [1.807, 2.05) is 19.9 Å². The Bertz CT molecular complexity index is 750. The summed E-state index contributed by atoms with van der Waals surface area (Å²) in [7, 11) is 0. The number of thioether (sulfide) groups is 1. The quantitative estimate of drug-likeness (QED) is 0.633. The van der Waals surface area contributed by atoms with Crippen LogP contribution in [0.5, 0.6) is 0 Å². The first-order chi connectivity index (χ1) is 10.9. The lowest BCUT2D eigenvalue weighted by molar-refractivity contribution is -0.115. The monoisotopic (exact) mass is 331 g/mol. The summed E-state index contributed by atoms with van der Waals surface area (Å²) in [5.41, 5.74) is 5.86. The summed E-state index contributed by atoms with van der Waals surface area (Å²) in [5.74, 6) is 0.553. The number of amides is 1. The van der Waals surface area contributed by atoms with Crippen LogP contribution in [-0.4, -0.2) is 30.9 Å². The van der Waals surface area contributed by atoms with Crippen LogP contribution in [0.4, 0.5) is 11.6 Å². The molecular weight excluding hydrogens is 314 g/mol. The first-order valence-electron chi connectivity index (χ1n) is 6.96. The summed E-state index contributed by atoms with van der Waals surface area (Å²) in [6, 6.07) is 3.78. The molecule has 0 aromatic carbocycles. The molecule has 0 unspecified atom stereocenters. The van der Waals surface area contributed by atoms with Gasteiger partial charge in [0.2, 0.25) is 5.91 Å². The van der Waals surface area contributed by atoms with Crippen LogP contribution < -0.4 is 11.1 Å². The van der Waals surface area contributed by atoms with Crippen LogP contribution in [-0.2, 0) is 4.79 Å². The average molecular weight is 331 g/mol. The standard InChI is InChI=1S/C14H17N7OS/c1-8(2)21-11(4-5-18-21)19-13(22)9(3)23-14-17-7-10(6-15)12(16)20-14/h4-5,7-9H,1-3H3,(H,19,22)(H2,16,17,20)/t9-/m0/s1. The van der Waals surface area contributed by atoms with E-state index in [1.54, 1.807) is 23.9 Å². The van der Waals surface area contributed by atoms with Crippen molar-refractivity contribution in [3.63, 3.8) is 0 Å². The SMILES string of the molecule is CC(C)n1nccc1NC(=O)[C@H](C)Sc1ncc(C#N)c(N)n1. The molecule has 1 atom stereocenters. The largest absolute Gasteiger partial charge is 0.382 e. The minimum absolute atomic E-state index is 0.107. The highest BCUT2D eigenvalue weighted by Crippen LogP contribution is 2.22. The number of hydrogen-bond donors (Lipinski definition) is 2. The van der Waals surface area contributed by atoms with Gasteiger partial charge in [0.15, 0.2) is 5.16 Å². The number of nitrogen functional groups attached to an aromatic ring is 1. The van der Waals surface area contributed by atoms with E-state index < -0.39 is 5.25 Å². The molecule has 0 spiro atoms. The predicted octanol–water partition coefficient (Wildman–Crippen LogP) is 1.83. The van der Waals surface area contributed by atoms with Crippen molar-refractivity contribution >= 4 is 29.3 Å². The smallest absolute Gasteiger partial charge is 0.238 e. The molecule has 0 aliphatic heterocycles. The lowest BCUT2D eigenvalue weighted by atomic mass is 10.3. The van der Waals surface area contributed by atoms with Gasteiger partial charge in [0.1, 0.15) is 23.3 Å². The molecule has 0 saturated carbocycles. The van der Waals surface area contributed by atoms with E-state index >= 15 is 0 Å². The van der Waals surface area contributed by atoms with Crippen molar-refractivity contribution in [1.29, 1.82) is 5.26 Å². The van der Waals surface area contributed by atoms with Gasteiger partial charge in [-0.05, 0) is 20.8 Å². The molecule has 8 nitrogen and oxygen atoms in total. The van der Waals surface area contributed by atoms with Crippen LogP contribution in [0.1, 0.15) is 32.4 Å². The fraction of sp³-hybridized carbons (Fsp3) is 0.357. The molecule has 1 amide bonds. The van der Waals surface area contributed by atoms with E-state index in [4.69, 9.17) is 11.0 Å². The number of nitrogens with zero attached hydrogens (tertiary/aromatic N) is 5. The van der Waals surface area contributed by atoms with Gasteiger partial charge in [-0.3, -0.25) is 4.79 Å². The summed E-state index contributed by atoms with van der Waals surface area (Å²) >= 11 is 1.17. The second kappa shape index (κ2) is 7.11. The number of carbonyl (C=O) groups is 1. The van der Waals surface area contributed by atoms with Crippen LogP contribution in [0.25, 0.3) is 0 Å². The van der Waals surface area contributed by atoms with E-state index in [-0.39, 0.29) is 23.3 Å². The Kier molecular flexibility index (Phi) is 5.18. The molecule has 2 heterocycles. The number of hydrogen-bond acceptors (Lipinski definition) is 7. The summed E-state index contributed by atoms with van der Waals surface area (Å²) < 4.78 is 1.73. The Morgan fingerprint density at radius 3 is 2.83 bits per heavy atom. The zero-order chi connectivity index (χ0) is 17.0. The summed E-state index contributed by atoms with van der Waals surface area (Å²) in [6.45, 7) is 5.70. The second-order valence-electron chi connectivity index (χ2n) is 5.07. The van der Waals surface area contributed by atoms with Gasteiger partial charge in [0.05, 0.1) is 17.6 Å². The summed E-state index contributed by atoms with van der Waals surface area (Å²) in [5, 5.41) is 15.7. The Balaban J connectivity index is 2.04. The molecule has 120 valence electrons. The van der Waals surface area contributed by atoms with E-state index in [0.717, 1.165) is 0 Å². The highest BCUT2D eigenvalue weighted by atomic mass is 32.2. The minimum Gasteiger partial charge on any atom is -0.382 e. The number of carbonyl (C=O) groups excluding carboxylic acids is 1. The fourth-order valence-electron chi connectivity index (χ4n) is 1.79. The molecule has 23 heavy (non-hydrogen) atoms. The average Bonchev–Trinajstić information content (AvgIpc) is 2.95. The number of nitrogens with one attached hydrogen (secondary N) is 1. The number of anilines is 2. The molecular formula is C14H17N7OS. The van der Waals surface area contributed by atoms with Gasteiger partial charge < -0.3 is 11.1 Å². The van der Waals surface area contributed by atoms with Gasteiger partial charge in [-0.2, -0.15) is 10.4 Å². The van der Waals surface area contributed by atoms with E-state index in [1.165, 1.54) is 18.0 Å². The molecule has 0 saturated heterocycles. The van der Waals surface area contributed by atoms with Crippen LogP contribution >= 0.6 is 11.8 Å². The van der Waals surface area contributed by atoms with Crippen LogP contribution in [0.2, 0.25) is 0 Å². The Morgan fingerprint density at radius 1 is 1.48 bits per heavy atom. The molecule has 2 aromatic rings. The number of nitrogens with two attached hydrogens (primary N) is 1. The second-order valence-corrected chi connectivity index (χ2v) is 6.38. The first-order valence-corrected chi connectivity index (χ1v) is 7.84. The first kappa shape index (κ1) is 16.8. The summed E-state index contributed by atoms with van der Waals surface area (Å²) in [6.07, 6.45) is 2.99. The van der Waals surface area contributed by atoms with Crippen molar-refractivity contribution in [2.75, 3.05) is 11.1 Å². The normalized spacial score (nSPS) is 12.0. The Hall–Kier alpha value is -2.60. The van der Waals surface area contributed by atoms with Crippen molar-refractivity contribution in [1.82, 2.24) is 19.7 Å². The van der Waals surface area contributed by atoms with Crippen LogP contribution in [0.15, 0.2) is 23.6 Å². The molecule has 0 fully saturated rings. The zero-order valence-electron chi connectivity index (χ0n) is 13.0. The molecule has 2 aromatic heterocycles. The van der Waals surface area contributed by atoms with Gasteiger partial charge in [-0.25, -0.2) is 14.6 Å². The maximum atomic E-state index is 12.3. The van der Waals surface area contributed by atoms with E-state index in [9.17, 15) is 4.79 Å². The zero-order valence-corrected chi connectivity index (χ0v) is 13.8. The number of aromatic nitrogens is 4. The lowest BCUT2D eigenvalue weighted by Gasteiger charge is -2.14. The molecule has 9 heteroatoms. The van der Waals surface area contributed by atoms with Crippen molar-refractivity contribution in [2.45, 2.75) is 37.2 Å². The number of rotatable bonds is 5. The highest BCUT2D eigenvalue weighted by molar-refractivity contribution is 8.00. The van der Waals surface area contributed by atoms with Crippen molar-refractivity contribution in [2.24, 2.45) is 0 Å². The third-order valence-electron chi connectivity index (χ3n) is 2.98. The topological polar surface area (TPSA) is 123 Å². The lowest BCUT2D eigenvalue weighted by Crippen LogP contribution is -2.24. The predicted molar refractivity (Wildman–Crippen MR) is 87.7 cm³/mol. The van der Waals surface area contributed by atoms with Gasteiger partial charge in [-0.15, -0.1) is 0 Å². The molecule has 0 bridgehead atoms. The third kappa shape index (κ3) is 3.98.